The SMILES string of the molecule is N=C(N)c1ccc(CN(CCO)C2CCCCC2)cc1. The Hall–Kier alpha value is -1.39. The number of aliphatic hydroxyl groups is 1. The molecule has 0 saturated heterocycles. The Morgan fingerprint density at radius 1 is 1.20 bits per heavy atom. The number of amidine groups is 1. The maximum atomic E-state index is 9.28. The van der Waals surface area contributed by atoms with Gasteiger partial charge in [0, 0.05) is 24.7 Å². The molecule has 2 rings (SSSR count). The van der Waals surface area contributed by atoms with Crippen molar-refractivity contribution in [2.75, 3.05) is 13.2 Å². The lowest BCUT2D eigenvalue weighted by atomic mass is 9.94. The van der Waals surface area contributed by atoms with Crippen LogP contribution in [0.4, 0.5) is 0 Å². The molecule has 110 valence electrons. The zero-order valence-corrected chi connectivity index (χ0v) is 12.0. The van der Waals surface area contributed by atoms with Crippen LogP contribution in [0, 0.1) is 5.41 Å². The third-order valence-corrected chi connectivity index (χ3v) is 4.13. The number of nitrogens with one attached hydrogen (secondary N) is 1. The number of nitrogen functional groups attached to an aromatic ring is 1. The molecule has 1 aliphatic carbocycles. The molecule has 0 amide bonds. The molecule has 1 aliphatic rings. The topological polar surface area (TPSA) is 73.3 Å². The van der Waals surface area contributed by atoms with Crippen LogP contribution in [0.3, 0.4) is 0 Å². The van der Waals surface area contributed by atoms with Crippen molar-refractivity contribution >= 4 is 5.84 Å². The molecule has 1 aromatic rings. The molecule has 0 spiro atoms. The molecule has 4 nitrogen and oxygen atoms in total. The molecule has 0 unspecified atom stereocenters. The molecule has 0 heterocycles. The first-order valence-electron chi connectivity index (χ1n) is 7.49. The highest BCUT2D eigenvalue weighted by atomic mass is 16.3. The Morgan fingerprint density at radius 3 is 2.40 bits per heavy atom. The first kappa shape index (κ1) is 15.0. The van der Waals surface area contributed by atoms with Crippen molar-refractivity contribution in [3.8, 4) is 0 Å². The lowest BCUT2D eigenvalue weighted by molar-refractivity contribution is 0.117. The number of hydrogen-bond acceptors (Lipinski definition) is 3. The van der Waals surface area contributed by atoms with Crippen molar-refractivity contribution in [1.82, 2.24) is 4.90 Å². The zero-order valence-electron chi connectivity index (χ0n) is 12.0. The Kier molecular flexibility index (Phi) is 5.56. The number of aliphatic hydroxyl groups excluding tert-OH is 1. The number of nitrogens with zero attached hydrogens (tertiary/aromatic N) is 1. The highest BCUT2D eigenvalue weighted by Gasteiger charge is 2.20. The van der Waals surface area contributed by atoms with E-state index in [1.54, 1.807) is 0 Å². The van der Waals surface area contributed by atoms with E-state index in [1.807, 2.05) is 24.3 Å². The lowest BCUT2D eigenvalue weighted by Gasteiger charge is -2.34. The van der Waals surface area contributed by atoms with Crippen LogP contribution >= 0.6 is 0 Å². The average Bonchev–Trinajstić information content (AvgIpc) is 2.48. The van der Waals surface area contributed by atoms with Crippen molar-refractivity contribution in [3.63, 3.8) is 0 Å². The van der Waals surface area contributed by atoms with Crippen LogP contribution in [0.2, 0.25) is 0 Å². The van der Waals surface area contributed by atoms with E-state index in [1.165, 1.54) is 37.7 Å². The molecular weight excluding hydrogens is 250 g/mol. The molecule has 4 N–H and O–H groups in total. The number of nitrogens with two attached hydrogens (primary N) is 1. The Balaban J connectivity index is 2.01. The van der Waals surface area contributed by atoms with E-state index >= 15 is 0 Å². The summed E-state index contributed by atoms with van der Waals surface area (Å²) >= 11 is 0. The molecule has 1 aromatic carbocycles. The molecule has 0 atom stereocenters. The average molecular weight is 275 g/mol. The quantitative estimate of drug-likeness (QED) is 0.550. The molecule has 4 heteroatoms. The summed E-state index contributed by atoms with van der Waals surface area (Å²) in [6.07, 6.45) is 6.43. The van der Waals surface area contributed by atoms with Gasteiger partial charge in [-0.2, -0.15) is 0 Å². The minimum atomic E-state index is 0.107. The van der Waals surface area contributed by atoms with Gasteiger partial charge in [-0.05, 0) is 18.4 Å². The number of benzene rings is 1. The van der Waals surface area contributed by atoms with Crippen LogP contribution < -0.4 is 5.73 Å². The Bertz CT molecular complexity index is 424. The highest BCUT2D eigenvalue weighted by molar-refractivity contribution is 5.94. The van der Waals surface area contributed by atoms with Gasteiger partial charge >= 0.3 is 0 Å². The normalized spacial score (nSPS) is 16.5. The summed E-state index contributed by atoms with van der Waals surface area (Å²) in [4.78, 5) is 2.39. The maximum absolute atomic E-state index is 9.28. The first-order valence-corrected chi connectivity index (χ1v) is 7.49. The van der Waals surface area contributed by atoms with Crippen LogP contribution in [0.5, 0.6) is 0 Å². The van der Waals surface area contributed by atoms with E-state index in [2.05, 4.69) is 4.90 Å². The van der Waals surface area contributed by atoms with Gasteiger partial charge in [0.1, 0.15) is 5.84 Å². The van der Waals surface area contributed by atoms with E-state index < -0.39 is 0 Å². The second-order valence-electron chi connectivity index (χ2n) is 5.60. The molecule has 1 fully saturated rings. The van der Waals surface area contributed by atoms with E-state index in [0.29, 0.717) is 6.04 Å². The van der Waals surface area contributed by atoms with E-state index in [4.69, 9.17) is 11.1 Å². The third kappa shape index (κ3) is 4.05. The fraction of sp³-hybridized carbons (Fsp3) is 0.562. The monoisotopic (exact) mass is 275 g/mol. The molecule has 0 aromatic heterocycles. The van der Waals surface area contributed by atoms with Crippen LogP contribution in [-0.4, -0.2) is 35.0 Å². The molecular formula is C16H25N3O. The molecule has 0 aliphatic heterocycles. The summed E-state index contributed by atoms with van der Waals surface area (Å²) in [7, 11) is 0. The van der Waals surface area contributed by atoms with Crippen molar-refractivity contribution in [2.24, 2.45) is 5.73 Å². The lowest BCUT2D eigenvalue weighted by Crippen LogP contribution is -2.38. The summed E-state index contributed by atoms with van der Waals surface area (Å²) < 4.78 is 0. The standard InChI is InChI=1S/C16H25N3O/c17-16(18)14-8-6-13(7-9-14)12-19(10-11-20)15-4-2-1-3-5-15/h6-9,15,20H,1-5,10-12H2,(H3,17,18). The second kappa shape index (κ2) is 7.41. The predicted molar refractivity (Wildman–Crippen MR) is 81.8 cm³/mol. The third-order valence-electron chi connectivity index (χ3n) is 4.13. The van der Waals surface area contributed by atoms with E-state index in [9.17, 15) is 5.11 Å². The molecule has 0 bridgehead atoms. The largest absolute Gasteiger partial charge is 0.395 e. The molecule has 20 heavy (non-hydrogen) atoms. The fourth-order valence-corrected chi connectivity index (χ4v) is 2.99. The van der Waals surface area contributed by atoms with Crippen molar-refractivity contribution in [1.29, 1.82) is 5.41 Å². The summed E-state index contributed by atoms with van der Waals surface area (Å²) in [6.45, 7) is 1.81. The van der Waals surface area contributed by atoms with Crippen LogP contribution in [0.25, 0.3) is 0 Å². The van der Waals surface area contributed by atoms with Gasteiger partial charge in [0.05, 0.1) is 6.61 Å². The summed E-state index contributed by atoms with van der Waals surface area (Å²) in [5.41, 5.74) is 7.45. The fourth-order valence-electron chi connectivity index (χ4n) is 2.99. The van der Waals surface area contributed by atoms with E-state index in [-0.39, 0.29) is 12.4 Å². The minimum absolute atomic E-state index is 0.107. The van der Waals surface area contributed by atoms with E-state index in [0.717, 1.165) is 18.7 Å². The minimum Gasteiger partial charge on any atom is -0.395 e. The smallest absolute Gasteiger partial charge is 0.122 e. The number of hydrogen-bond donors (Lipinski definition) is 3. The van der Waals surface area contributed by atoms with Crippen LogP contribution in [0.15, 0.2) is 24.3 Å². The van der Waals surface area contributed by atoms with Gasteiger partial charge in [-0.1, -0.05) is 43.5 Å². The van der Waals surface area contributed by atoms with Crippen molar-refractivity contribution in [3.05, 3.63) is 35.4 Å². The first-order chi connectivity index (χ1) is 9.70. The van der Waals surface area contributed by atoms with Crippen LogP contribution in [0.1, 0.15) is 43.2 Å². The molecule has 0 radical (unpaired) electrons. The van der Waals surface area contributed by atoms with Gasteiger partial charge in [-0.15, -0.1) is 0 Å². The summed E-state index contributed by atoms with van der Waals surface area (Å²) in [5, 5.41) is 16.7. The Morgan fingerprint density at radius 2 is 1.85 bits per heavy atom. The van der Waals surface area contributed by atoms with Gasteiger partial charge < -0.3 is 10.8 Å². The van der Waals surface area contributed by atoms with Gasteiger partial charge in [0.25, 0.3) is 0 Å². The van der Waals surface area contributed by atoms with Gasteiger partial charge in [0.2, 0.25) is 0 Å². The zero-order chi connectivity index (χ0) is 14.4. The predicted octanol–water partition coefficient (Wildman–Crippen LogP) is 2.10. The second-order valence-corrected chi connectivity index (χ2v) is 5.60. The van der Waals surface area contributed by atoms with Crippen molar-refractivity contribution in [2.45, 2.75) is 44.7 Å². The van der Waals surface area contributed by atoms with Gasteiger partial charge in [-0.25, -0.2) is 0 Å². The van der Waals surface area contributed by atoms with Gasteiger partial charge in [-0.3, -0.25) is 10.3 Å². The number of rotatable bonds is 6. The highest BCUT2D eigenvalue weighted by Crippen LogP contribution is 2.23. The molecule has 1 saturated carbocycles. The van der Waals surface area contributed by atoms with Crippen LogP contribution in [-0.2, 0) is 6.54 Å². The van der Waals surface area contributed by atoms with Gasteiger partial charge in [0.15, 0.2) is 0 Å². The summed E-state index contributed by atoms with van der Waals surface area (Å²) in [5.74, 6) is 0.107. The maximum Gasteiger partial charge on any atom is 0.122 e. The summed E-state index contributed by atoms with van der Waals surface area (Å²) in [6, 6.07) is 8.46. The van der Waals surface area contributed by atoms with Crippen molar-refractivity contribution < 1.29 is 5.11 Å². The Labute approximate surface area is 121 Å².